The number of urea groups is 1. The molecule has 5 nitrogen and oxygen atoms in total. The number of nitrogens with zero attached hydrogens (tertiary/aromatic N) is 1. The quantitative estimate of drug-likeness (QED) is 0.383. The monoisotopic (exact) mass is 398 g/mol. The molecule has 1 aliphatic heterocycles. The third kappa shape index (κ3) is 3.07. The molecular formula is C25H22N2O3. The fourth-order valence-electron chi connectivity index (χ4n) is 4.69. The minimum atomic E-state index is -0.630. The lowest BCUT2D eigenvalue weighted by Gasteiger charge is -2.35. The van der Waals surface area contributed by atoms with Gasteiger partial charge in [-0.2, -0.15) is 0 Å². The summed E-state index contributed by atoms with van der Waals surface area (Å²) in [5.74, 6) is -1.12. The Bertz CT molecular complexity index is 1170. The van der Waals surface area contributed by atoms with Gasteiger partial charge in [0.2, 0.25) is 0 Å². The lowest BCUT2D eigenvalue weighted by molar-refractivity contribution is -0.132. The SMILES string of the molecule is O=C1NC(=O)N(C2CCCCC2)C(=O)/C1=C/c1c2ccccc2cc2ccccc12. The van der Waals surface area contributed by atoms with Crippen LogP contribution in [-0.4, -0.2) is 28.8 Å². The smallest absolute Gasteiger partial charge is 0.273 e. The van der Waals surface area contributed by atoms with Gasteiger partial charge in [0.15, 0.2) is 0 Å². The molecule has 1 saturated carbocycles. The van der Waals surface area contributed by atoms with Crippen molar-refractivity contribution in [3.8, 4) is 0 Å². The molecule has 30 heavy (non-hydrogen) atoms. The van der Waals surface area contributed by atoms with Crippen molar-refractivity contribution < 1.29 is 14.4 Å². The van der Waals surface area contributed by atoms with Gasteiger partial charge < -0.3 is 0 Å². The second kappa shape index (κ2) is 7.41. The van der Waals surface area contributed by atoms with E-state index >= 15 is 0 Å². The van der Waals surface area contributed by atoms with Gasteiger partial charge in [-0.05, 0) is 52.1 Å². The van der Waals surface area contributed by atoms with Crippen molar-refractivity contribution in [1.29, 1.82) is 0 Å². The first-order valence-corrected chi connectivity index (χ1v) is 10.4. The van der Waals surface area contributed by atoms with E-state index in [0.29, 0.717) is 0 Å². The van der Waals surface area contributed by atoms with Crippen molar-refractivity contribution in [3.05, 3.63) is 65.7 Å². The third-order valence-corrected chi connectivity index (χ3v) is 6.17. The Kier molecular flexibility index (Phi) is 4.58. The molecule has 0 radical (unpaired) electrons. The van der Waals surface area contributed by atoms with Crippen LogP contribution in [0.2, 0.25) is 0 Å². The fourth-order valence-corrected chi connectivity index (χ4v) is 4.69. The predicted molar refractivity (Wildman–Crippen MR) is 117 cm³/mol. The molecule has 0 spiro atoms. The van der Waals surface area contributed by atoms with Gasteiger partial charge in [-0.15, -0.1) is 0 Å². The molecule has 1 saturated heterocycles. The van der Waals surface area contributed by atoms with Crippen molar-refractivity contribution in [2.75, 3.05) is 0 Å². The normalized spacial score (nSPS) is 19.7. The summed E-state index contributed by atoms with van der Waals surface area (Å²) in [5.41, 5.74) is 0.835. The van der Waals surface area contributed by atoms with Gasteiger partial charge in [0.05, 0.1) is 0 Å². The van der Waals surface area contributed by atoms with E-state index in [0.717, 1.165) is 59.2 Å². The second-order valence-corrected chi connectivity index (χ2v) is 8.02. The molecule has 5 rings (SSSR count). The topological polar surface area (TPSA) is 66.5 Å². The van der Waals surface area contributed by atoms with Gasteiger partial charge in [0, 0.05) is 6.04 Å². The summed E-state index contributed by atoms with van der Waals surface area (Å²) >= 11 is 0. The molecule has 5 heteroatoms. The fraction of sp³-hybridized carbons (Fsp3) is 0.240. The van der Waals surface area contributed by atoms with E-state index in [1.165, 1.54) is 4.90 Å². The van der Waals surface area contributed by atoms with Crippen molar-refractivity contribution in [3.63, 3.8) is 0 Å². The van der Waals surface area contributed by atoms with Crippen LogP contribution < -0.4 is 5.32 Å². The number of fused-ring (bicyclic) bond motifs is 2. The van der Waals surface area contributed by atoms with Gasteiger partial charge in [0.1, 0.15) is 5.57 Å². The number of carbonyl (C=O) groups excluding carboxylic acids is 3. The summed E-state index contributed by atoms with van der Waals surface area (Å²) in [4.78, 5) is 39.7. The molecule has 1 N–H and O–H groups in total. The number of barbiturate groups is 1. The summed E-state index contributed by atoms with van der Waals surface area (Å²) in [5, 5.41) is 6.38. The van der Waals surface area contributed by atoms with Crippen molar-refractivity contribution in [2.24, 2.45) is 0 Å². The molecule has 1 heterocycles. The van der Waals surface area contributed by atoms with E-state index in [9.17, 15) is 14.4 Å². The average molecular weight is 398 g/mol. The number of benzene rings is 3. The standard InChI is InChI=1S/C25H22N2O3/c28-23-22(24(29)27(25(30)26-23)18-10-2-1-3-11-18)15-21-19-12-6-4-8-16(19)14-17-9-5-7-13-20(17)21/h4-9,12-15,18H,1-3,10-11H2,(H,26,28,30)/b22-15+. The average Bonchev–Trinajstić information content (AvgIpc) is 2.76. The molecule has 1 aliphatic carbocycles. The highest BCUT2D eigenvalue weighted by molar-refractivity contribution is 6.32. The maximum Gasteiger partial charge on any atom is 0.331 e. The minimum Gasteiger partial charge on any atom is -0.273 e. The van der Waals surface area contributed by atoms with Crippen LogP contribution in [0.4, 0.5) is 4.79 Å². The number of hydrogen-bond donors (Lipinski definition) is 1. The Hall–Kier alpha value is -3.47. The zero-order valence-electron chi connectivity index (χ0n) is 16.6. The summed E-state index contributed by atoms with van der Waals surface area (Å²) in [6, 6.07) is 17.2. The highest BCUT2D eigenvalue weighted by Gasteiger charge is 2.40. The number of imide groups is 2. The van der Waals surface area contributed by atoms with Crippen LogP contribution in [0, 0.1) is 0 Å². The zero-order chi connectivity index (χ0) is 20.7. The van der Waals surface area contributed by atoms with Crippen LogP contribution in [0.5, 0.6) is 0 Å². The minimum absolute atomic E-state index is 0.0154. The van der Waals surface area contributed by atoms with Crippen LogP contribution >= 0.6 is 0 Å². The van der Waals surface area contributed by atoms with E-state index < -0.39 is 17.8 Å². The lowest BCUT2D eigenvalue weighted by Crippen LogP contribution is -2.58. The van der Waals surface area contributed by atoms with Crippen LogP contribution in [0.15, 0.2) is 60.2 Å². The summed E-state index contributed by atoms with van der Waals surface area (Å²) in [7, 11) is 0. The van der Waals surface area contributed by atoms with E-state index in [-0.39, 0.29) is 11.6 Å². The summed E-state index contributed by atoms with van der Waals surface area (Å²) < 4.78 is 0. The number of amides is 4. The van der Waals surface area contributed by atoms with E-state index in [4.69, 9.17) is 0 Å². The molecule has 2 aliphatic rings. The first kappa shape index (κ1) is 18.6. The van der Waals surface area contributed by atoms with E-state index in [2.05, 4.69) is 11.4 Å². The molecule has 0 atom stereocenters. The highest BCUT2D eigenvalue weighted by atomic mass is 16.2. The molecule has 0 bridgehead atoms. The predicted octanol–water partition coefficient (Wildman–Crippen LogP) is 4.79. The van der Waals surface area contributed by atoms with Gasteiger partial charge in [0.25, 0.3) is 11.8 Å². The zero-order valence-corrected chi connectivity index (χ0v) is 16.6. The lowest BCUT2D eigenvalue weighted by atomic mass is 9.92. The maximum atomic E-state index is 13.3. The van der Waals surface area contributed by atoms with E-state index in [1.54, 1.807) is 6.08 Å². The Morgan fingerprint density at radius 3 is 2.07 bits per heavy atom. The number of nitrogens with one attached hydrogen (secondary N) is 1. The van der Waals surface area contributed by atoms with Gasteiger partial charge in [-0.25, -0.2) is 4.79 Å². The van der Waals surface area contributed by atoms with Gasteiger partial charge in [-0.1, -0.05) is 67.8 Å². The molecule has 4 amide bonds. The van der Waals surface area contributed by atoms with Gasteiger partial charge in [-0.3, -0.25) is 19.8 Å². The molecule has 3 aromatic rings. The summed E-state index contributed by atoms with van der Waals surface area (Å²) in [6.07, 6.45) is 6.33. The van der Waals surface area contributed by atoms with Crippen LogP contribution in [0.25, 0.3) is 27.6 Å². The van der Waals surface area contributed by atoms with Crippen molar-refractivity contribution in [1.82, 2.24) is 10.2 Å². The maximum absolute atomic E-state index is 13.3. The number of hydrogen-bond acceptors (Lipinski definition) is 3. The molecule has 2 fully saturated rings. The molecular weight excluding hydrogens is 376 g/mol. The molecule has 0 unspecified atom stereocenters. The van der Waals surface area contributed by atoms with E-state index in [1.807, 2.05) is 48.5 Å². The number of carbonyl (C=O) groups is 3. The first-order valence-electron chi connectivity index (χ1n) is 10.4. The molecule has 3 aromatic carbocycles. The van der Waals surface area contributed by atoms with Crippen molar-refractivity contribution >= 4 is 45.5 Å². The Morgan fingerprint density at radius 1 is 0.833 bits per heavy atom. The van der Waals surface area contributed by atoms with Crippen molar-refractivity contribution in [2.45, 2.75) is 38.1 Å². The molecule has 150 valence electrons. The largest absolute Gasteiger partial charge is 0.331 e. The second-order valence-electron chi connectivity index (χ2n) is 8.02. The van der Waals surface area contributed by atoms with Gasteiger partial charge >= 0.3 is 6.03 Å². The Balaban J connectivity index is 1.67. The van der Waals surface area contributed by atoms with Crippen LogP contribution in [0.1, 0.15) is 37.7 Å². The van der Waals surface area contributed by atoms with Crippen LogP contribution in [0.3, 0.4) is 0 Å². The molecule has 0 aromatic heterocycles. The number of rotatable bonds is 2. The Morgan fingerprint density at radius 2 is 1.43 bits per heavy atom. The Labute approximate surface area is 174 Å². The highest BCUT2D eigenvalue weighted by Crippen LogP contribution is 2.32. The first-order chi connectivity index (χ1) is 14.6. The third-order valence-electron chi connectivity index (χ3n) is 6.17. The van der Waals surface area contributed by atoms with Crippen LogP contribution in [-0.2, 0) is 9.59 Å². The summed E-state index contributed by atoms with van der Waals surface area (Å²) in [6.45, 7) is 0.